The molecule has 3 aromatic rings. The SMILES string of the molecule is Cc1cc(=O)oc2cc(OC(C)C(=O)NC(C)c3ccccc3)ccc12. The van der Waals surface area contributed by atoms with Gasteiger partial charge in [0, 0.05) is 17.5 Å². The maximum absolute atomic E-state index is 12.4. The van der Waals surface area contributed by atoms with E-state index in [0.29, 0.717) is 11.3 Å². The average molecular weight is 351 g/mol. The van der Waals surface area contributed by atoms with Gasteiger partial charge in [-0.15, -0.1) is 0 Å². The molecule has 0 spiro atoms. The van der Waals surface area contributed by atoms with E-state index in [-0.39, 0.29) is 11.9 Å². The van der Waals surface area contributed by atoms with Gasteiger partial charge in [0.25, 0.3) is 5.91 Å². The number of aryl methyl sites for hydroxylation is 1. The fourth-order valence-corrected chi connectivity index (χ4v) is 2.79. The van der Waals surface area contributed by atoms with E-state index in [9.17, 15) is 9.59 Å². The van der Waals surface area contributed by atoms with E-state index in [0.717, 1.165) is 16.5 Å². The largest absolute Gasteiger partial charge is 0.481 e. The molecule has 134 valence electrons. The van der Waals surface area contributed by atoms with Crippen molar-refractivity contribution in [2.45, 2.75) is 32.9 Å². The summed E-state index contributed by atoms with van der Waals surface area (Å²) in [6.45, 7) is 5.46. The van der Waals surface area contributed by atoms with Crippen LogP contribution in [0.1, 0.15) is 31.0 Å². The quantitative estimate of drug-likeness (QED) is 0.711. The Morgan fingerprint density at radius 1 is 1.08 bits per heavy atom. The summed E-state index contributed by atoms with van der Waals surface area (Å²) >= 11 is 0. The second kappa shape index (κ2) is 7.44. The number of hydrogen-bond donors (Lipinski definition) is 1. The van der Waals surface area contributed by atoms with Crippen LogP contribution in [0.5, 0.6) is 5.75 Å². The zero-order chi connectivity index (χ0) is 18.7. The highest BCUT2D eigenvalue weighted by Gasteiger charge is 2.18. The van der Waals surface area contributed by atoms with Crippen LogP contribution >= 0.6 is 0 Å². The van der Waals surface area contributed by atoms with E-state index < -0.39 is 11.7 Å². The molecule has 3 rings (SSSR count). The van der Waals surface area contributed by atoms with E-state index >= 15 is 0 Å². The highest BCUT2D eigenvalue weighted by molar-refractivity contribution is 5.83. The zero-order valence-corrected chi connectivity index (χ0v) is 15.0. The van der Waals surface area contributed by atoms with Crippen LogP contribution in [0.15, 0.2) is 63.8 Å². The number of carbonyl (C=O) groups excluding carboxylic acids is 1. The molecule has 0 aliphatic rings. The molecule has 5 heteroatoms. The molecule has 2 atom stereocenters. The molecule has 0 aliphatic heterocycles. The van der Waals surface area contributed by atoms with Crippen molar-refractivity contribution in [1.82, 2.24) is 5.32 Å². The lowest BCUT2D eigenvalue weighted by Crippen LogP contribution is -2.37. The average Bonchev–Trinajstić information content (AvgIpc) is 2.61. The minimum absolute atomic E-state index is 0.118. The number of amides is 1. The Kier molecular flexibility index (Phi) is 5.07. The van der Waals surface area contributed by atoms with Crippen LogP contribution < -0.4 is 15.7 Å². The first-order chi connectivity index (χ1) is 12.4. The molecule has 5 nitrogen and oxygen atoms in total. The molecule has 0 aliphatic carbocycles. The molecule has 1 N–H and O–H groups in total. The first kappa shape index (κ1) is 17.7. The third-order valence-corrected chi connectivity index (χ3v) is 4.26. The molecule has 0 fully saturated rings. The van der Waals surface area contributed by atoms with Crippen molar-refractivity contribution in [1.29, 1.82) is 0 Å². The van der Waals surface area contributed by atoms with Gasteiger partial charge in [-0.1, -0.05) is 30.3 Å². The second-order valence-corrected chi connectivity index (χ2v) is 6.31. The van der Waals surface area contributed by atoms with Crippen molar-refractivity contribution in [3.05, 3.63) is 76.1 Å². The van der Waals surface area contributed by atoms with Crippen molar-refractivity contribution in [3.8, 4) is 5.75 Å². The van der Waals surface area contributed by atoms with Gasteiger partial charge in [0.1, 0.15) is 11.3 Å². The van der Waals surface area contributed by atoms with Crippen LogP contribution in [0.4, 0.5) is 0 Å². The summed E-state index contributed by atoms with van der Waals surface area (Å²) in [7, 11) is 0. The first-order valence-electron chi connectivity index (χ1n) is 8.50. The lowest BCUT2D eigenvalue weighted by molar-refractivity contribution is -0.127. The fraction of sp³-hybridized carbons (Fsp3) is 0.238. The number of benzene rings is 2. The van der Waals surface area contributed by atoms with E-state index in [1.807, 2.05) is 50.2 Å². The molecule has 26 heavy (non-hydrogen) atoms. The van der Waals surface area contributed by atoms with Crippen molar-refractivity contribution >= 4 is 16.9 Å². The fourth-order valence-electron chi connectivity index (χ4n) is 2.79. The van der Waals surface area contributed by atoms with Gasteiger partial charge >= 0.3 is 5.63 Å². The molecule has 0 radical (unpaired) electrons. The summed E-state index contributed by atoms with van der Waals surface area (Å²) in [5, 5.41) is 3.77. The van der Waals surface area contributed by atoms with Crippen LogP contribution in [0.3, 0.4) is 0 Å². The Balaban J connectivity index is 1.71. The number of fused-ring (bicyclic) bond motifs is 1. The molecule has 1 aromatic heterocycles. The first-order valence-corrected chi connectivity index (χ1v) is 8.50. The summed E-state index contributed by atoms with van der Waals surface area (Å²) < 4.78 is 10.9. The molecule has 0 saturated carbocycles. The van der Waals surface area contributed by atoms with E-state index in [1.54, 1.807) is 19.1 Å². The smallest absolute Gasteiger partial charge is 0.336 e. The minimum Gasteiger partial charge on any atom is -0.481 e. The third-order valence-electron chi connectivity index (χ3n) is 4.26. The van der Waals surface area contributed by atoms with Crippen molar-refractivity contribution in [2.24, 2.45) is 0 Å². The van der Waals surface area contributed by atoms with Gasteiger partial charge in [0.15, 0.2) is 6.10 Å². The van der Waals surface area contributed by atoms with E-state index in [4.69, 9.17) is 9.15 Å². The summed E-state index contributed by atoms with van der Waals surface area (Å²) in [6.07, 6.45) is -0.685. The number of carbonyl (C=O) groups is 1. The number of hydrogen-bond acceptors (Lipinski definition) is 4. The van der Waals surface area contributed by atoms with Gasteiger partial charge in [-0.2, -0.15) is 0 Å². The van der Waals surface area contributed by atoms with Gasteiger partial charge in [-0.25, -0.2) is 4.79 Å². The topological polar surface area (TPSA) is 68.5 Å². The molecule has 0 bridgehead atoms. The Morgan fingerprint density at radius 3 is 2.54 bits per heavy atom. The van der Waals surface area contributed by atoms with Crippen molar-refractivity contribution in [3.63, 3.8) is 0 Å². The monoisotopic (exact) mass is 351 g/mol. The molecule has 1 amide bonds. The normalized spacial score (nSPS) is 13.2. The van der Waals surface area contributed by atoms with Crippen LogP contribution in [0, 0.1) is 6.92 Å². The molecule has 2 aromatic carbocycles. The molecular formula is C21H21NO4. The second-order valence-electron chi connectivity index (χ2n) is 6.31. The van der Waals surface area contributed by atoms with Crippen LogP contribution in [-0.4, -0.2) is 12.0 Å². The van der Waals surface area contributed by atoms with Crippen LogP contribution in [-0.2, 0) is 4.79 Å². The van der Waals surface area contributed by atoms with Gasteiger partial charge < -0.3 is 14.5 Å². The molecule has 1 heterocycles. The number of rotatable bonds is 5. The maximum atomic E-state index is 12.4. The molecule has 0 saturated heterocycles. The summed E-state index contributed by atoms with van der Waals surface area (Å²) in [5.74, 6) is 0.258. The lowest BCUT2D eigenvalue weighted by atomic mass is 10.1. The molecular weight excluding hydrogens is 330 g/mol. The summed E-state index contributed by atoms with van der Waals surface area (Å²) in [6, 6.07) is 16.3. The van der Waals surface area contributed by atoms with Crippen molar-refractivity contribution in [2.75, 3.05) is 0 Å². The van der Waals surface area contributed by atoms with E-state index in [2.05, 4.69) is 5.32 Å². The highest BCUT2D eigenvalue weighted by Crippen LogP contribution is 2.23. The van der Waals surface area contributed by atoms with Crippen molar-refractivity contribution < 1.29 is 13.9 Å². The molecule has 2 unspecified atom stereocenters. The standard InChI is InChI=1S/C21H21NO4/c1-13-11-20(23)26-19-12-17(9-10-18(13)19)25-15(3)21(24)22-14(2)16-7-5-4-6-8-16/h4-12,14-15H,1-3H3,(H,22,24). The Morgan fingerprint density at radius 2 is 1.81 bits per heavy atom. The van der Waals surface area contributed by atoms with Gasteiger partial charge in [-0.05, 0) is 44.0 Å². The van der Waals surface area contributed by atoms with E-state index in [1.165, 1.54) is 6.07 Å². The highest BCUT2D eigenvalue weighted by atomic mass is 16.5. The Hall–Kier alpha value is -3.08. The van der Waals surface area contributed by atoms with Gasteiger partial charge in [0.2, 0.25) is 0 Å². The maximum Gasteiger partial charge on any atom is 0.336 e. The Bertz CT molecular complexity index is 978. The van der Waals surface area contributed by atoms with Crippen LogP contribution in [0.2, 0.25) is 0 Å². The number of nitrogens with one attached hydrogen (secondary N) is 1. The zero-order valence-electron chi connectivity index (χ0n) is 15.0. The number of ether oxygens (including phenoxy) is 1. The van der Waals surface area contributed by atoms with Gasteiger partial charge in [0.05, 0.1) is 6.04 Å². The lowest BCUT2D eigenvalue weighted by Gasteiger charge is -2.19. The predicted molar refractivity (Wildman–Crippen MR) is 100 cm³/mol. The van der Waals surface area contributed by atoms with Crippen LogP contribution in [0.25, 0.3) is 11.0 Å². The minimum atomic E-state index is -0.685. The third kappa shape index (κ3) is 3.94. The summed E-state index contributed by atoms with van der Waals surface area (Å²) in [5.41, 5.74) is 1.90. The predicted octanol–water partition coefficient (Wildman–Crippen LogP) is 3.75. The van der Waals surface area contributed by atoms with Gasteiger partial charge in [-0.3, -0.25) is 4.79 Å². The summed E-state index contributed by atoms with van der Waals surface area (Å²) in [4.78, 5) is 23.9. The Labute approximate surface area is 151 Å².